The van der Waals surface area contributed by atoms with Crippen molar-refractivity contribution in [1.82, 2.24) is 0 Å². The molecule has 5 nitrogen and oxygen atoms in total. The van der Waals surface area contributed by atoms with Crippen molar-refractivity contribution in [3.05, 3.63) is 71.8 Å². The molecule has 0 atom stereocenters. The summed E-state index contributed by atoms with van der Waals surface area (Å²) in [5.41, 5.74) is 2.53. The summed E-state index contributed by atoms with van der Waals surface area (Å²) in [6, 6.07) is 20.5. The number of carbonyl (C=O) groups excluding carboxylic acids is 1. The van der Waals surface area contributed by atoms with Crippen LogP contribution >= 0.6 is 11.6 Å². The zero-order valence-electron chi connectivity index (χ0n) is 15.6. The van der Waals surface area contributed by atoms with Gasteiger partial charge in [-0.3, -0.25) is 4.79 Å². The Bertz CT molecular complexity index is 960. The van der Waals surface area contributed by atoms with Crippen LogP contribution in [0.15, 0.2) is 66.7 Å². The van der Waals surface area contributed by atoms with E-state index in [2.05, 4.69) is 5.32 Å². The molecule has 3 aromatic carbocycles. The molecule has 6 heteroatoms. The molecule has 0 bridgehead atoms. The van der Waals surface area contributed by atoms with Gasteiger partial charge < -0.3 is 19.5 Å². The SMILES string of the molecule is COc1ccc(OC)c(NC(=O)COc2ccc(-c3ccccc3)cc2Cl)c1. The Balaban J connectivity index is 1.65. The van der Waals surface area contributed by atoms with Crippen molar-refractivity contribution in [3.63, 3.8) is 0 Å². The van der Waals surface area contributed by atoms with Crippen LogP contribution in [-0.2, 0) is 4.79 Å². The van der Waals surface area contributed by atoms with Gasteiger partial charge in [-0.2, -0.15) is 0 Å². The molecule has 1 amide bonds. The molecule has 0 spiro atoms. The lowest BCUT2D eigenvalue weighted by Crippen LogP contribution is -2.20. The number of amides is 1. The molecule has 3 aromatic rings. The van der Waals surface area contributed by atoms with Gasteiger partial charge in [-0.25, -0.2) is 0 Å². The molecular formula is C22H20ClNO4. The van der Waals surface area contributed by atoms with Crippen LogP contribution in [0, 0.1) is 0 Å². The third-order valence-electron chi connectivity index (χ3n) is 4.08. The maximum atomic E-state index is 12.3. The third kappa shape index (κ3) is 4.75. The van der Waals surface area contributed by atoms with Gasteiger partial charge in [0.1, 0.15) is 17.2 Å². The number of ether oxygens (including phenoxy) is 3. The summed E-state index contributed by atoms with van der Waals surface area (Å²) in [6.45, 7) is -0.190. The zero-order chi connectivity index (χ0) is 19.9. The highest BCUT2D eigenvalue weighted by molar-refractivity contribution is 6.32. The summed E-state index contributed by atoms with van der Waals surface area (Å²) in [5.74, 6) is 1.24. The van der Waals surface area contributed by atoms with Crippen molar-refractivity contribution < 1.29 is 19.0 Å². The first-order valence-corrected chi connectivity index (χ1v) is 8.98. The van der Waals surface area contributed by atoms with Crippen LogP contribution in [-0.4, -0.2) is 26.7 Å². The van der Waals surface area contributed by atoms with E-state index in [9.17, 15) is 4.79 Å². The van der Waals surface area contributed by atoms with Gasteiger partial charge in [-0.05, 0) is 35.4 Å². The first kappa shape index (κ1) is 19.6. The number of carbonyl (C=O) groups is 1. The van der Waals surface area contributed by atoms with Crippen molar-refractivity contribution >= 4 is 23.2 Å². The maximum Gasteiger partial charge on any atom is 0.262 e. The Morgan fingerprint density at radius 2 is 1.64 bits per heavy atom. The number of hydrogen-bond acceptors (Lipinski definition) is 4. The fourth-order valence-corrected chi connectivity index (χ4v) is 2.90. The summed E-state index contributed by atoms with van der Waals surface area (Å²) in [7, 11) is 3.08. The van der Waals surface area contributed by atoms with Crippen LogP contribution in [0.4, 0.5) is 5.69 Å². The number of anilines is 1. The highest BCUT2D eigenvalue weighted by Crippen LogP contribution is 2.31. The first-order chi connectivity index (χ1) is 13.6. The van der Waals surface area contributed by atoms with Crippen molar-refractivity contribution in [3.8, 4) is 28.4 Å². The van der Waals surface area contributed by atoms with E-state index in [1.165, 1.54) is 7.11 Å². The minimum Gasteiger partial charge on any atom is -0.497 e. The molecule has 0 fully saturated rings. The molecule has 0 aliphatic carbocycles. The van der Waals surface area contributed by atoms with E-state index < -0.39 is 0 Å². The molecule has 0 radical (unpaired) electrons. The Morgan fingerprint density at radius 3 is 2.32 bits per heavy atom. The quantitative estimate of drug-likeness (QED) is 0.606. The number of halogens is 1. The van der Waals surface area contributed by atoms with Crippen molar-refractivity contribution in [2.75, 3.05) is 26.1 Å². The fourth-order valence-electron chi connectivity index (χ4n) is 2.67. The molecule has 0 heterocycles. The standard InChI is InChI=1S/C22H20ClNO4/c1-26-17-9-11-21(27-2)19(13-17)24-22(25)14-28-20-10-8-16(12-18(20)23)15-6-4-3-5-7-15/h3-13H,14H2,1-2H3,(H,24,25). The van der Waals surface area contributed by atoms with E-state index in [1.54, 1.807) is 31.4 Å². The minimum atomic E-state index is -0.338. The van der Waals surface area contributed by atoms with Gasteiger partial charge in [-0.15, -0.1) is 0 Å². The highest BCUT2D eigenvalue weighted by atomic mass is 35.5. The maximum absolute atomic E-state index is 12.3. The topological polar surface area (TPSA) is 56.8 Å². The first-order valence-electron chi connectivity index (χ1n) is 8.60. The lowest BCUT2D eigenvalue weighted by Gasteiger charge is -2.13. The molecule has 0 aliphatic rings. The summed E-state index contributed by atoms with van der Waals surface area (Å²) >= 11 is 6.32. The molecular weight excluding hydrogens is 378 g/mol. The van der Waals surface area contributed by atoms with Gasteiger partial charge in [0.2, 0.25) is 0 Å². The van der Waals surface area contributed by atoms with Crippen molar-refractivity contribution in [2.24, 2.45) is 0 Å². The van der Waals surface area contributed by atoms with Gasteiger partial charge in [-0.1, -0.05) is 48.0 Å². The fraction of sp³-hybridized carbons (Fsp3) is 0.136. The highest BCUT2D eigenvalue weighted by Gasteiger charge is 2.11. The summed E-state index contributed by atoms with van der Waals surface area (Å²) in [5, 5.41) is 3.19. The second-order valence-corrected chi connectivity index (χ2v) is 6.32. The van der Waals surface area contributed by atoms with Crippen LogP contribution < -0.4 is 19.5 Å². The van der Waals surface area contributed by atoms with Crippen LogP contribution in [0.5, 0.6) is 17.2 Å². The molecule has 0 aliphatic heterocycles. The molecule has 0 aromatic heterocycles. The van der Waals surface area contributed by atoms with E-state index in [1.807, 2.05) is 42.5 Å². The molecule has 0 saturated heterocycles. The average molecular weight is 398 g/mol. The van der Waals surface area contributed by atoms with Crippen LogP contribution in [0.1, 0.15) is 0 Å². The Kier molecular flexibility index (Phi) is 6.40. The van der Waals surface area contributed by atoms with Crippen LogP contribution in [0.3, 0.4) is 0 Å². The van der Waals surface area contributed by atoms with Crippen molar-refractivity contribution in [1.29, 1.82) is 0 Å². The van der Waals surface area contributed by atoms with Gasteiger partial charge in [0, 0.05) is 6.07 Å². The number of methoxy groups -OCH3 is 2. The zero-order valence-corrected chi connectivity index (χ0v) is 16.3. The second kappa shape index (κ2) is 9.15. The lowest BCUT2D eigenvalue weighted by atomic mass is 10.1. The largest absolute Gasteiger partial charge is 0.497 e. The van der Waals surface area contributed by atoms with E-state index in [4.69, 9.17) is 25.8 Å². The summed E-state index contributed by atoms with van der Waals surface area (Å²) < 4.78 is 16.0. The molecule has 28 heavy (non-hydrogen) atoms. The monoisotopic (exact) mass is 397 g/mol. The Hall–Kier alpha value is -3.18. The Labute approximate surface area is 168 Å². The van der Waals surface area contributed by atoms with Gasteiger partial charge in [0.25, 0.3) is 5.91 Å². The third-order valence-corrected chi connectivity index (χ3v) is 4.37. The molecule has 144 valence electrons. The second-order valence-electron chi connectivity index (χ2n) is 5.91. The molecule has 0 unspecified atom stereocenters. The molecule has 1 N–H and O–H groups in total. The average Bonchev–Trinajstić information content (AvgIpc) is 2.73. The number of hydrogen-bond donors (Lipinski definition) is 1. The smallest absolute Gasteiger partial charge is 0.262 e. The number of nitrogens with one attached hydrogen (secondary N) is 1. The normalized spacial score (nSPS) is 10.2. The number of benzene rings is 3. The van der Waals surface area contributed by atoms with E-state index in [0.29, 0.717) is 28.0 Å². The molecule has 3 rings (SSSR count). The number of rotatable bonds is 7. The van der Waals surface area contributed by atoms with Gasteiger partial charge >= 0.3 is 0 Å². The summed E-state index contributed by atoms with van der Waals surface area (Å²) in [6.07, 6.45) is 0. The van der Waals surface area contributed by atoms with Crippen molar-refractivity contribution in [2.45, 2.75) is 0 Å². The van der Waals surface area contributed by atoms with Gasteiger partial charge in [0.05, 0.1) is 24.9 Å². The van der Waals surface area contributed by atoms with E-state index in [0.717, 1.165) is 11.1 Å². The van der Waals surface area contributed by atoms with E-state index in [-0.39, 0.29) is 12.5 Å². The van der Waals surface area contributed by atoms with Gasteiger partial charge in [0.15, 0.2) is 6.61 Å². The van der Waals surface area contributed by atoms with Crippen LogP contribution in [0.2, 0.25) is 5.02 Å². The predicted octanol–water partition coefficient (Wildman–Crippen LogP) is 5.04. The van der Waals surface area contributed by atoms with Crippen LogP contribution in [0.25, 0.3) is 11.1 Å². The molecule has 0 saturated carbocycles. The minimum absolute atomic E-state index is 0.190. The summed E-state index contributed by atoms with van der Waals surface area (Å²) in [4.78, 5) is 12.3. The predicted molar refractivity (Wildman–Crippen MR) is 111 cm³/mol. The lowest BCUT2D eigenvalue weighted by molar-refractivity contribution is -0.118. The van der Waals surface area contributed by atoms with E-state index >= 15 is 0 Å². The Morgan fingerprint density at radius 1 is 0.893 bits per heavy atom.